The Balaban J connectivity index is 1.48. The molecule has 1 aliphatic carbocycles. The van der Waals surface area contributed by atoms with Crippen molar-refractivity contribution in [2.24, 2.45) is 0 Å². The lowest BCUT2D eigenvalue weighted by molar-refractivity contribution is 0.186. The molecule has 0 unspecified atom stereocenters. The van der Waals surface area contributed by atoms with Gasteiger partial charge in [-0.3, -0.25) is 4.98 Å². The first-order chi connectivity index (χ1) is 16.2. The van der Waals surface area contributed by atoms with Crippen LogP contribution in [0.2, 0.25) is 0 Å². The molecule has 2 atom stereocenters. The van der Waals surface area contributed by atoms with E-state index < -0.39 is 0 Å². The summed E-state index contributed by atoms with van der Waals surface area (Å²) < 4.78 is 13.8. The third-order valence-corrected chi connectivity index (χ3v) is 6.84. The van der Waals surface area contributed by atoms with Crippen LogP contribution in [0.3, 0.4) is 0 Å². The monoisotopic (exact) mass is 462 g/mol. The summed E-state index contributed by atoms with van der Waals surface area (Å²) in [5.74, 6) is 0.921. The van der Waals surface area contributed by atoms with Gasteiger partial charge in [-0.2, -0.15) is 0 Å². The lowest BCUT2D eigenvalue weighted by atomic mass is 10.0. The van der Waals surface area contributed by atoms with E-state index in [-0.39, 0.29) is 12.1 Å². The molecule has 3 aromatic rings. The maximum atomic E-state index is 6.18. The van der Waals surface area contributed by atoms with E-state index >= 15 is 0 Å². The Kier molecular flexibility index (Phi) is 6.60. The number of benzene rings is 1. The fraction of sp³-hybridized carbons (Fsp3) is 0.385. The number of rotatable bonds is 8. The number of anilines is 1. The topological polar surface area (TPSA) is 51.5 Å². The van der Waals surface area contributed by atoms with Crippen molar-refractivity contribution < 1.29 is 9.47 Å². The summed E-state index contributed by atoms with van der Waals surface area (Å²) in [6.45, 7) is 1.42. The Morgan fingerprint density at radius 1 is 1.06 bits per heavy atom. The maximum absolute atomic E-state index is 6.18. The van der Waals surface area contributed by atoms with E-state index in [0.717, 1.165) is 36.5 Å². The van der Waals surface area contributed by atoms with Crippen molar-refractivity contribution in [2.45, 2.75) is 50.4 Å². The molecule has 5 rings (SSSR count). The summed E-state index contributed by atoms with van der Waals surface area (Å²) in [4.78, 5) is 6.85. The number of nitrogens with zero attached hydrogens (tertiary/aromatic N) is 3. The van der Waals surface area contributed by atoms with Gasteiger partial charge in [0, 0.05) is 37.4 Å². The molecule has 1 saturated carbocycles. The number of hydrogen-bond donors (Lipinski definition) is 1. The molecule has 2 aliphatic rings. The highest BCUT2D eigenvalue weighted by atomic mass is 32.1. The third kappa shape index (κ3) is 4.61. The van der Waals surface area contributed by atoms with E-state index in [2.05, 4.69) is 68.4 Å². The smallest absolute Gasteiger partial charge is 0.174 e. The highest BCUT2D eigenvalue weighted by Crippen LogP contribution is 2.42. The lowest BCUT2D eigenvalue weighted by Crippen LogP contribution is -2.30. The molecule has 1 aromatic carbocycles. The average Bonchev–Trinajstić information content (AvgIpc) is 3.59. The van der Waals surface area contributed by atoms with Crippen molar-refractivity contribution in [1.29, 1.82) is 0 Å². The second kappa shape index (κ2) is 9.93. The third-order valence-electron chi connectivity index (χ3n) is 6.52. The lowest BCUT2D eigenvalue weighted by Gasteiger charge is -2.29. The zero-order valence-corrected chi connectivity index (χ0v) is 19.7. The fourth-order valence-corrected chi connectivity index (χ4v) is 5.25. The molecule has 0 radical (unpaired) electrons. The Morgan fingerprint density at radius 2 is 1.88 bits per heavy atom. The van der Waals surface area contributed by atoms with Crippen molar-refractivity contribution in [3.63, 3.8) is 0 Å². The summed E-state index contributed by atoms with van der Waals surface area (Å²) in [5.41, 5.74) is 3.17. The molecule has 0 amide bonds. The predicted octanol–water partition coefficient (Wildman–Crippen LogP) is 5.03. The Hall–Kier alpha value is -2.90. The summed E-state index contributed by atoms with van der Waals surface area (Å²) >= 11 is 5.85. The second-order valence-electron chi connectivity index (χ2n) is 8.63. The van der Waals surface area contributed by atoms with Crippen LogP contribution in [0, 0.1) is 0 Å². The number of nitrogens with one attached hydrogen (secondary N) is 1. The zero-order valence-electron chi connectivity index (χ0n) is 18.9. The van der Waals surface area contributed by atoms with Crippen LogP contribution in [-0.2, 0) is 11.3 Å². The van der Waals surface area contributed by atoms with Gasteiger partial charge in [0.05, 0.1) is 24.4 Å². The number of pyridine rings is 1. The predicted molar refractivity (Wildman–Crippen MR) is 134 cm³/mol. The minimum atomic E-state index is -0.0655. The first-order valence-corrected chi connectivity index (χ1v) is 12.1. The van der Waals surface area contributed by atoms with Crippen molar-refractivity contribution >= 4 is 23.0 Å². The average molecular weight is 463 g/mol. The van der Waals surface area contributed by atoms with E-state index in [1.165, 1.54) is 18.5 Å². The summed E-state index contributed by atoms with van der Waals surface area (Å²) in [5, 5.41) is 4.23. The van der Waals surface area contributed by atoms with Gasteiger partial charge >= 0.3 is 0 Å². The van der Waals surface area contributed by atoms with Gasteiger partial charge < -0.3 is 24.3 Å². The van der Waals surface area contributed by atoms with Crippen molar-refractivity contribution in [3.8, 4) is 5.75 Å². The van der Waals surface area contributed by atoms with Crippen LogP contribution >= 0.6 is 12.2 Å². The molecule has 6 nitrogen and oxygen atoms in total. The molecular formula is C26H30N4O2S. The highest BCUT2D eigenvalue weighted by molar-refractivity contribution is 7.80. The summed E-state index contributed by atoms with van der Waals surface area (Å²) in [6.07, 6.45) is 9.09. The van der Waals surface area contributed by atoms with Crippen LogP contribution in [0.4, 0.5) is 5.69 Å². The van der Waals surface area contributed by atoms with Crippen LogP contribution < -0.4 is 15.0 Å². The van der Waals surface area contributed by atoms with Gasteiger partial charge in [0.15, 0.2) is 5.11 Å². The minimum Gasteiger partial charge on any atom is -0.490 e. The van der Waals surface area contributed by atoms with E-state index in [0.29, 0.717) is 17.8 Å². The largest absolute Gasteiger partial charge is 0.490 e. The molecule has 33 heavy (non-hydrogen) atoms. The normalized spacial score (nSPS) is 20.9. The van der Waals surface area contributed by atoms with Crippen molar-refractivity contribution in [3.05, 3.63) is 78.4 Å². The fourth-order valence-electron chi connectivity index (χ4n) is 4.91. The van der Waals surface area contributed by atoms with Gasteiger partial charge in [-0.05, 0) is 86.4 Å². The quantitative estimate of drug-likeness (QED) is 0.474. The van der Waals surface area contributed by atoms with Gasteiger partial charge in [-0.1, -0.05) is 6.07 Å². The van der Waals surface area contributed by atoms with Gasteiger partial charge in [0.1, 0.15) is 11.8 Å². The first kappa shape index (κ1) is 21.9. The van der Waals surface area contributed by atoms with E-state index in [4.69, 9.17) is 21.7 Å². The van der Waals surface area contributed by atoms with Crippen molar-refractivity contribution in [2.75, 3.05) is 18.6 Å². The number of ether oxygens (including phenoxy) is 2. The number of hydrogen-bond acceptors (Lipinski definition) is 4. The van der Waals surface area contributed by atoms with E-state index in [1.54, 1.807) is 7.11 Å². The highest BCUT2D eigenvalue weighted by Gasteiger charge is 2.42. The number of methoxy groups -OCH3 is 1. The summed E-state index contributed by atoms with van der Waals surface area (Å²) in [7, 11) is 1.73. The van der Waals surface area contributed by atoms with Gasteiger partial charge in [-0.25, -0.2) is 0 Å². The molecule has 2 fully saturated rings. The molecule has 1 saturated heterocycles. The molecule has 1 N–H and O–H groups in total. The molecule has 0 bridgehead atoms. The van der Waals surface area contributed by atoms with Crippen LogP contribution in [0.15, 0.2) is 67.0 Å². The van der Waals surface area contributed by atoms with Crippen LogP contribution in [0.5, 0.6) is 5.75 Å². The minimum absolute atomic E-state index is 0.0409. The Morgan fingerprint density at radius 3 is 2.61 bits per heavy atom. The standard InChI is InChI=1S/C26H30N4O2S/c1-31-18-17-29-16-6-10-23(29)25-24(22-9-4-5-15-27-22)28-26(33)30(25)19-11-13-21(14-12-19)32-20-7-2-3-8-20/h4-6,9-16,20,24-25H,2-3,7-8,17-18H2,1H3,(H,28,33)/t24-,25+/m1/s1. The van der Waals surface area contributed by atoms with Gasteiger partial charge in [-0.15, -0.1) is 0 Å². The van der Waals surface area contributed by atoms with Crippen molar-refractivity contribution in [1.82, 2.24) is 14.9 Å². The first-order valence-electron chi connectivity index (χ1n) is 11.7. The van der Waals surface area contributed by atoms with Gasteiger partial charge in [0.2, 0.25) is 0 Å². The summed E-state index contributed by atoms with van der Waals surface area (Å²) in [6, 6.07) is 18.5. The molecule has 0 spiro atoms. The number of thiocarbonyl (C=S) groups is 1. The van der Waals surface area contributed by atoms with Crippen LogP contribution in [0.25, 0.3) is 0 Å². The zero-order chi connectivity index (χ0) is 22.6. The van der Waals surface area contributed by atoms with Crippen LogP contribution in [0.1, 0.15) is 49.2 Å². The number of aromatic nitrogens is 2. The molecule has 3 heterocycles. The molecule has 1 aliphatic heterocycles. The van der Waals surface area contributed by atoms with E-state index in [1.807, 2.05) is 18.3 Å². The molecule has 7 heteroatoms. The van der Waals surface area contributed by atoms with Crippen LogP contribution in [-0.4, -0.2) is 34.5 Å². The molecule has 172 valence electrons. The second-order valence-corrected chi connectivity index (χ2v) is 9.02. The van der Waals surface area contributed by atoms with E-state index in [9.17, 15) is 0 Å². The Bertz CT molecular complexity index is 1060. The molecular weight excluding hydrogens is 432 g/mol. The molecule has 2 aromatic heterocycles. The van der Waals surface area contributed by atoms with Gasteiger partial charge in [0.25, 0.3) is 0 Å². The SMILES string of the molecule is COCCn1cccc1[C@H]1[C@@H](c2ccccn2)NC(=S)N1c1ccc(OC2CCCC2)cc1. The maximum Gasteiger partial charge on any atom is 0.174 e. The Labute approximate surface area is 200 Å².